The lowest BCUT2D eigenvalue weighted by Gasteiger charge is -2.14. The summed E-state index contributed by atoms with van der Waals surface area (Å²) >= 11 is 7.50. The van der Waals surface area contributed by atoms with Crippen LogP contribution in [0.1, 0.15) is 12.5 Å². The van der Waals surface area contributed by atoms with Gasteiger partial charge in [0.1, 0.15) is 0 Å². The Labute approximate surface area is 149 Å². The van der Waals surface area contributed by atoms with E-state index < -0.39 is 6.10 Å². The molecule has 24 heavy (non-hydrogen) atoms. The van der Waals surface area contributed by atoms with Gasteiger partial charge < -0.3 is 5.11 Å². The van der Waals surface area contributed by atoms with Crippen LogP contribution in [0.25, 0.3) is 10.9 Å². The summed E-state index contributed by atoms with van der Waals surface area (Å²) in [5.74, 6) is 0.694. The molecule has 3 rings (SSSR count). The van der Waals surface area contributed by atoms with E-state index in [4.69, 9.17) is 11.6 Å². The minimum absolute atomic E-state index is 0.159. The molecule has 0 unspecified atom stereocenters. The van der Waals surface area contributed by atoms with Gasteiger partial charge in [0.2, 0.25) is 0 Å². The monoisotopic (exact) mass is 360 g/mol. The summed E-state index contributed by atoms with van der Waals surface area (Å²) in [6.07, 6.45) is -0.634. The van der Waals surface area contributed by atoms with Crippen molar-refractivity contribution >= 4 is 34.3 Å². The number of hydrogen-bond acceptors (Lipinski definition) is 4. The van der Waals surface area contributed by atoms with Crippen molar-refractivity contribution < 1.29 is 5.11 Å². The number of benzene rings is 2. The summed E-state index contributed by atoms with van der Waals surface area (Å²) in [5, 5.41) is 11.4. The summed E-state index contributed by atoms with van der Waals surface area (Å²) < 4.78 is 1.54. The molecule has 1 N–H and O–H groups in total. The van der Waals surface area contributed by atoms with E-state index in [0.717, 1.165) is 5.56 Å². The van der Waals surface area contributed by atoms with Crippen LogP contribution in [0.15, 0.2) is 58.5 Å². The lowest BCUT2D eigenvalue weighted by atomic mass is 10.2. The predicted octanol–water partition coefficient (Wildman–Crippen LogP) is 3.72. The predicted molar refractivity (Wildman–Crippen MR) is 98.7 cm³/mol. The van der Waals surface area contributed by atoms with E-state index >= 15 is 0 Å². The van der Waals surface area contributed by atoms with Crippen LogP contribution >= 0.6 is 23.4 Å². The van der Waals surface area contributed by atoms with E-state index in [-0.39, 0.29) is 12.1 Å². The van der Waals surface area contributed by atoms with Crippen molar-refractivity contribution in [2.75, 3.05) is 0 Å². The van der Waals surface area contributed by atoms with Crippen LogP contribution in [0.3, 0.4) is 0 Å². The lowest BCUT2D eigenvalue weighted by molar-refractivity contribution is 0.168. The van der Waals surface area contributed by atoms with E-state index in [9.17, 15) is 9.90 Å². The summed E-state index contributed by atoms with van der Waals surface area (Å²) in [7, 11) is 0. The van der Waals surface area contributed by atoms with Crippen LogP contribution in [0.2, 0.25) is 5.02 Å². The zero-order chi connectivity index (χ0) is 17.1. The maximum Gasteiger partial charge on any atom is 0.262 e. The summed E-state index contributed by atoms with van der Waals surface area (Å²) in [5.41, 5.74) is 1.56. The Hall–Kier alpha value is -1.82. The highest BCUT2D eigenvalue weighted by atomic mass is 35.5. The van der Waals surface area contributed by atoms with Gasteiger partial charge >= 0.3 is 0 Å². The van der Waals surface area contributed by atoms with Crippen molar-refractivity contribution in [3.8, 4) is 0 Å². The molecule has 1 atom stereocenters. The second-order valence-corrected chi connectivity index (χ2v) is 6.97. The molecule has 6 heteroatoms. The highest BCUT2D eigenvalue weighted by molar-refractivity contribution is 7.98. The second kappa shape index (κ2) is 7.38. The van der Waals surface area contributed by atoms with Gasteiger partial charge in [-0.15, -0.1) is 0 Å². The van der Waals surface area contributed by atoms with Crippen LogP contribution in [0.5, 0.6) is 0 Å². The Morgan fingerprint density at radius 3 is 2.71 bits per heavy atom. The first-order chi connectivity index (χ1) is 11.5. The number of rotatable bonds is 5. The van der Waals surface area contributed by atoms with Gasteiger partial charge in [-0.1, -0.05) is 53.7 Å². The van der Waals surface area contributed by atoms with Gasteiger partial charge in [-0.25, -0.2) is 4.98 Å². The highest BCUT2D eigenvalue weighted by Crippen LogP contribution is 2.23. The quantitative estimate of drug-likeness (QED) is 0.556. The number of aromatic nitrogens is 2. The number of hydrogen-bond donors (Lipinski definition) is 1. The van der Waals surface area contributed by atoms with Gasteiger partial charge in [-0.05, 0) is 30.7 Å². The third-order valence-electron chi connectivity index (χ3n) is 3.54. The molecule has 2 aromatic carbocycles. The fraction of sp³-hybridized carbons (Fsp3) is 0.222. The molecule has 4 nitrogen and oxygen atoms in total. The van der Waals surface area contributed by atoms with Gasteiger partial charge in [0.05, 0.1) is 23.6 Å². The number of fused-ring (bicyclic) bond motifs is 1. The average Bonchev–Trinajstić information content (AvgIpc) is 2.56. The molecule has 0 aliphatic carbocycles. The normalized spacial score (nSPS) is 12.5. The number of nitrogens with zero attached hydrogens (tertiary/aromatic N) is 2. The average molecular weight is 361 g/mol. The summed E-state index contributed by atoms with van der Waals surface area (Å²) in [4.78, 5) is 17.4. The van der Waals surface area contributed by atoms with E-state index in [1.165, 1.54) is 16.3 Å². The molecular weight excluding hydrogens is 344 g/mol. The smallest absolute Gasteiger partial charge is 0.262 e. The minimum atomic E-state index is -0.634. The van der Waals surface area contributed by atoms with Crippen LogP contribution < -0.4 is 5.56 Å². The molecule has 0 saturated heterocycles. The third-order valence-corrected chi connectivity index (χ3v) is 4.82. The number of halogens is 1. The van der Waals surface area contributed by atoms with Gasteiger partial charge in [0, 0.05) is 10.8 Å². The van der Waals surface area contributed by atoms with E-state index in [2.05, 4.69) is 4.98 Å². The van der Waals surface area contributed by atoms with Gasteiger partial charge in [0.15, 0.2) is 5.16 Å². The second-order valence-electron chi connectivity index (χ2n) is 5.59. The SMILES string of the molecule is C[C@H](O)Cn1c(SCc2ccccc2)nc2cc(Cl)ccc2c1=O. The molecule has 0 bridgehead atoms. The molecule has 124 valence electrons. The van der Waals surface area contributed by atoms with Gasteiger partial charge in [-0.3, -0.25) is 9.36 Å². The molecule has 1 heterocycles. The van der Waals surface area contributed by atoms with Crippen LogP contribution in [-0.2, 0) is 12.3 Å². The number of aliphatic hydroxyl groups is 1. The minimum Gasteiger partial charge on any atom is -0.392 e. The fourth-order valence-electron chi connectivity index (χ4n) is 2.43. The first kappa shape index (κ1) is 17.0. The maximum atomic E-state index is 12.8. The Kier molecular flexibility index (Phi) is 5.23. The van der Waals surface area contributed by atoms with Crippen molar-refractivity contribution in [2.45, 2.75) is 30.5 Å². The first-order valence-electron chi connectivity index (χ1n) is 7.59. The van der Waals surface area contributed by atoms with Gasteiger partial charge in [0.25, 0.3) is 5.56 Å². The molecule has 3 aromatic rings. The standard InChI is InChI=1S/C18H17ClN2O2S/c1-12(22)10-21-17(23)15-8-7-14(19)9-16(15)20-18(21)24-11-13-5-3-2-4-6-13/h2-9,12,22H,10-11H2,1H3/t12-/m0/s1. The fourth-order valence-corrected chi connectivity index (χ4v) is 3.56. The van der Waals surface area contributed by atoms with Crippen molar-refractivity contribution in [2.24, 2.45) is 0 Å². The van der Waals surface area contributed by atoms with Crippen LogP contribution in [0.4, 0.5) is 0 Å². The number of aliphatic hydroxyl groups excluding tert-OH is 1. The molecular formula is C18H17ClN2O2S. The Morgan fingerprint density at radius 2 is 2.00 bits per heavy atom. The highest BCUT2D eigenvalue weighted by Gasteiger charge is 2.13. The first-order valence-corrected chi connectivity index (χ1v) is 8.96. The molecule has 0 fully saturated rings. The van der Waals surface area contributed by atoms with Crippen LogP contribution in [0, 0.1) is 0 Å². The molecule has 0 saturated carbocycles. The number of thioether (sulfide) groups is 1. The zero-order valence-corrected chi connectivity index (χ0v) is 14.7. The van der Waals surface area contributed by atoms with Crippen molar-refractivity contribution in [1.29, 1.82) is 0 Å². The van der Waals surface area contributed by atoms with Crippen LogP contribution in [-0.4, -0.2) is 20.8 Å². The zero-order valence-electron chi connectivity index (χ0n) is 13.1. The van der Waals surface area contributed by atoms with E-state index in [1.807, 2.05) is 30.3 Å². The molecule has 1 aromatic heterocycles. The molecule has 0 spiro atoms. The topological polar surface area (TPSA) is 55.1 Å². The summed E-state index contributed by atoms with van der Waals surface area (Å²) in [6.45, 7) is 1.87. The maximum absolute atomic E-state index is 12.8. The molecule has 0 aliphatic rings. The van der Waals surface area contributed by atoms with Gasteiger partial charge in [-0.2, -0.15) is 0 Å². The molecule has 0 aliphatic heterocycles. The summed E-state index contributed by atoms with van der Waals surface area (Å²) in [6, 6.07) is 15.0. The Bertz CT molecular complexity index is 910. The largest absolute Gasteiger partial charge is 0.392 e. The lowest BCUT2D eigenvalue weighted by Crippen LogP contribution is -2.27. The third kappa shape index (κ3) is 3.80. The van der Waals surface area contributed by atoms with E-state index in [0.29, 0.717) is 26.8 Å². The molecule has 0 amide bonds. The van der Waals surface area contributed by atoms with Crippen molar-refractivity contribution in [3.05, 3.63) is 69.5 Å². The Morgan fingerprint density at radius 1 is 1.25 bits per heavy atom. The Balaban J connectivity index is 2.04. The van der Waals surface area contributed by atoms with Crippen molar-refractivity contribution in [1.82, 2.24) is 9.55 Å². The van der Waals surface area contributed by atoms with Crippen molar-refractivity contribution in [3.63, 3.8) is 0 Å². The molecule has 0 radical (unpaired) electrons. The van der Waals surface area contributed by atoms with E-state index in [1.54, 1.807) is 25.1 Å².